The third kappa shape index (κ3) is 1.83. The number of pyridine rings is 1. The predicted molar refractivity (Wildman–Crippen MR) is 37.8 cm³/mol. The number of carbonyl (C=O) groups excluding carboxylic acids is 1. The molecule has 4 nitrogen and oxygen atoms in total. The fourth-order valence-corrected chi connectivity index (χ4v) is 0.516. The quantitative estimate of drug-likeness (QED) is 0.587. The third-order valence-electron chi connectivity index (χ3n) is 0.965. The highest BCUT2D eigenvalue weighted by Gasteiger charge is 1.94. The molecule has 1 aromatic heterocycles. The summed E-state index contributed by atoms with van der Waals surface area (Å²) in [7, 11) is 0. The van der Waals surface area contributed by atoms with Gasteiger partial charge in [-0.3, -0.25) is 9.78 Å². The number of nitrogens with zero attached hydrogens (tertiary/aromatic N) is 1. The minimum atomic E-state index is -0.419. The SMILES string of the molecule is N.NC(=O)c1ccncc1. The average Bonchev–Trinajstić information content (AvgIpc) is 1.90. The Balaban J connectivity index is 0.000000810. The fourth-order valence-electron chi connectivity index (χ4n) is 0.516. The molecule has 0 fully saturated rings. The van der Waals surface area contributed by atoms with Crippen LogP contribution in [-0.2, 0) is 0 Å². The number of hydrogen-bond acceptors (Lipinski definition) is 3. The van der Waals surface area contributed by atoms with E-state index in [1.54, 1.807) is 12.1 Å². The number of rotatable bonds is 1. The molecule has 1 rings (SSSR count). The molecule has 10 heavy (non-hydrogen) atoms. The second-order valence-corrected chi connectivity index (χ2v) is 1.60. The van der Waals surface area contributed by atoms with Crippen molar-refractivity contribution in [1.82, 2.24) is 11.1 Å². The third-order valence-corrected chi connectivity index (χ3v) is 0.965. The molecule has 0 bridgehead atoms. The van der Waals surface area contributed by atoms with Crippen LogP contribution in [0.15, 0.2) is 24.5 Å². The molecule has 1 heterocycles. The summed E-state index contributed by atoms with van der Waals surface area (Å²) < 4.78 is 0. The summed E-state index contributed by atoms with van der Waals surface area (Å²) in [6.45, 7) is 0. The number of carbonyl (C=O) groups is 1. The Morgan fingerprint density at radius 3 is 2.20 bits per heavy atom. The van der Waals surface area contributed by atoms with Gasteiger partial charge in [-0.25, -0.2) is 0 Å². The van der Waals surface area contributed by atoms with Crippen molar-refractivity contribution in [1.29, 1.82) is 0 Å². The number of primary amides is 1. The molecule has 4 heteroatoms. The summed E-state index contributed by atoms with van der Waals surface area (Å²) >= 11 is 0. The van der Waals surface area contributed by atoms with Gasteiger partial charge in [0.05, 0.1) is 0 Å². The first-order valence-electron chi connectivity index (χ1n) is 2.50. The lowest BCUT2D eigenvalue weighted by Gasteiger charge is -1.88. The van der Waals surface area contributed by atoms with Gasteiger partial charge in [-0.15, -0.1) is 0 Å². The van der Waals surface area contributed by atoms with Crippen molar-refractivity contribution in [2.75, 3.05) is 0 Å². The van der Waals surface area contributed by atoms with Gasteiger partial charge < -0.3 is 11.9 Å². The number of nitrogens with two attached hydrogens (primary N) is 1. The van der Waals surface area contributed by atoms with Crippen molar-refractivity contribution in [3.63, 3.8) is 0 Å². The topological polar surface area (TPSA) is 91.0 Å². The Morgan fingerprint density at radius 1 is 1.40 bits per heavy atom. The normalized spacial score (nSPS) is 8.00. The summed E-state index contributed by atoms with van der Waals surface area (Å²) in [5.41, 5.74) is 5.44. The van der Waals surface area contributed by atoms with E-state index < -0.39 is 5.91 Å². The maximum atomic E-state index is 10.4. The zero-order chi connectivity index (χ0) is 6.69. The zero-order valence-electron chi connectivity index (χ0n) is 5.45. The van der Waals surface area contributed by atoms with Gasteiger partial charge in [0.2, 0.25) is 5.91 Å². The molecule has 0 saturated carbocycles. The van der Waals surface area contributed by atoms with E-state index in [0.29, 0.717) is 5.56 Å². The van der Waals surface area contributed by atoms with Crippen LogP contribution in [0.3, 0.4) is 0 Å². The lowest BCUT2D eigenvalue weighted by molar-refractivity contribution is 0.1000. The monoisotopic (exact) mass is 139 g/mol. The molecule has 0 aliphatic rings. The van der Waals surface area contributed by atoms with Crippen LogP contribution in [0, 0.1) is 0 Å². The lowest BCUT2D eigenvalue weighted by atomic mass is 10.3. The van der Waals surface area contributed by atoms with E-state index in [9.17, 15) is 4.79 Å². The Labute approximate surface area is 58.7 Å². The molecule has 5 N–H and O–H groups in total. The molecule has 0 spiro atoms. The van der Waals surface area contributed by atoms with E-state index in [2.05, 4.69) is 4.98 Å². The average molecular weight is 139 g/mol. The molecular formula is C6H9N3O. The molecule has 1 aromatic rings. The second-order valence-electron chi connectivity index (χ2n) is 1.60. The molecular weight excluding hydrogens is 130 g/mol. The van der Waals surface area contributed by atoms with Crippen molar-refractivity contribution in [2.45, 2.75) is 0 Å². The van der Waals surface area contributed by atoms with E-state index in [1.807, 2.05) is 0 Å². The van der Waals surface area contributed by atoms with Crippen LogP contribution in [0.4, 0.5) is 0 Å². The van der Waals surface area contributed by atoms with Crippen molar-refractivity contribution < 1.29 is 4.79 Å². The molecule has 0 atom stereocenters. The van der Waals surface area contributed by atoms with Crippen LogP contribution in [0.5, 0.6) is 0 Å². The largest absolute Gasteiger partial charge is 0.366 e. The standard InChI is InChI=1S/C6H6N2O.H3N/c7-6(9)5-1-3-8-4-2-5;/h1-4H,(H2,7,9);1H3. The summed E-state index contributed by atoms with van der Waals surface area (Å²) in [5.74, 6) is -0.419. The molecule has 0 unspecified atom stereocenters. The molecule has 54 valence electrons. The molecule has 0 aliphatic heterocycles. The first kappa shape index (κ1) is 8.58. The first-order valence-corrected chi connectivity index (χ1v) is 2.50. The zero-order valence-corrected chi connectivity index (χ0v) is 5.45. The van der Waals surface area contributed by atoms with Crippen molar-refractivity contribution in [3.8, 4) is 0 Å². The molecule has 0 aromatic carbocycles. The Kier molecular flexibility index (Phi) is 3.07. The minimum Gasteiger partial charge on any atom is -0.366 e. The van der Waals surface area contributed by atoms with Crippen molar-refractivity contribution in [2.24, 2.45) is 5.73 Å². The summed E-state index contributed by atoms with van der Waals surface area (Å²) in [5, 5.41) is 0. The van der Waals surface area contributed by atoms with Crippen LogP contribution in [0.25, 0.3) is 0 Å². The Morgan fingerprint density at radius 2 is 1.90 bits per heavy atom. The maximum Gasteiger partial charge on any atom is 0.248 e. The van der Waals surface area contributed by atoms with Crippen molar-refractivity contribution >= 4 is 5.91 Å². The second kappa shape index (κ2) is 3.58. The molecule has 0 saturated heterocycles. The smallest absolute Gasteiger partial charge is 0.248 e. The van der Waals surface area contributed by atoms with Crippen LogP contribution in [-0.4, -0.2) is 10.9 Å². The summed E-state index contributed by atoms with van der Waals surface area (Å²) in [4.78, 5) is 14.1. The molecule has 0 radical (unpaired) electrons. The van der Waals surface area contributed by atoms with E-state index in [4.69, 9.17) is 5.73 Å². The highest BCUT2D eigenvalue weighted by molar-refractivity contribution is 5.92. The fraction of sp³-hybridized carbons (Fsp3) is 0. The van der Waals surface area contributed by atoms with E-state index in [0.717, 1.165) is 0 Å². The van der Waals surface area contributed by atoms with Gasteiger partial charge in [-0.2, -0.15) is 0 Å². The number of amides is 1. The van der Waals surface area contributed by atoms with Gasteiger partial charge in [0.25, 0.3) is 0 Å². The maximum absolute atomic E-state index is 10.4. The summed E-state index contributed by atoms with van der Waals surface area (Å²) in [6, 6.07) is 3.14. The van der Waals surface area contributed by atoms with Crippen LogP contribution < -0.4 is 11.9 Å². The van der Waals surface area contributed by atoms with Gasteiger partial charge in [0.15, 0.2) is 0 Å². The van der Waals surface area contributed by atoms with Gasteiger partial charge in [-0.05, 0) is 12.1 Å². The minimum absolute atomic E-state index is 0. The van der Waals surface area contributed by atoms with Crippen molar-refractivity contribution in [3.05, 3.63) is 30.1 Å². The highest BCUT2D eigenvalue weighted by atomic mass is 16.1. The van der Waals surface area contributed by atoms with Crippen LogP contribution in [0.2, 0.25) is 0 Å². The first-order chi connectivity index (χ1) is 4.30. The number of aromatic nitrogens is 1. The Bertz CT molecular complexity index is 209. The number of hydrogen-bond donors (Lipinski definition) is 2. The van der Waals surface area contributed by atoms with Crippen LogP contribution >= 0.6 is 0 Å². The lowest BCUT2D eigenvalue weighted by Crippen LogP contribution is -2.10. The molecule has 1 amide bonds. The molecule has 0 aliphatic carbocycles. The summed E-state index contributed by atoms with van der Waals surface area (Å²) in [6.07, 6.45) is 3.06. The highest BCUT2D eigenvalue weighted by Crippen LogP contribution is 1.91. The van der Waals surface area contributed by atoms with E-state index >= 15 is 0 Å². The Hall–Kier alpha value is -1.42. The van der Waals surface area contributed by atoms with Gasteiger partial charge >= 0.3 is 0 Å². The van der Waals surface area contributed by atoms with E-state index in [-0.39, 0.29) is 6.15 Å². The van der Waals surface area contributed by atoms with Crippen LogP contribution in [0.1, 0.15) is 10.4 Å². The van der Waals surface area contributed by atoms with Gasteiger partial charge in [0.1, 0.15) is 0 Å². The van der Waals surface area contributed by atoms with Gasteiger partial charge in [0, 0.05) is 18.0 Å². The van der Waals surface area contributed by atoms with Gasteiger partial charge in [-0.1, -0.05) is 0 Å². The predicted octanol–water partition coefficient (Wildman–Crippen LogP) is 0.342. The van der Waals surface area contributed by atoms with E-state index in [1.165, 1.54) is 12.4 Å².